The highest BCUT2D eigenvalue weighted by Gasteiger charge is 2.35. The Morgan fingerprint density at radius 1 is 1.35 bits per heavy atom. The van der Waals surface area contributed by atoms with Gasteiger partial charge < -0.3 is 15.2 Å². The first kappa shape index (κ1) is 17.5. The highest BCUT2D eigenvalue weighted by molar-refractivity contribution is 5.57. The van der Waals surface area contributed by atoms with Crippen LogP contribution < -0.4 is 10.1 Å². The highest BCUT2D eigenvalue weighted by atomic mass is 16.6. The van der Waals surface area contributed by atoms with Gasteiger partial charge in [0.2, 0.25) is 5.75 Å². The van der Waals surface area contributed by atoms with Gasteiger partial charge in [0.25, 0.3) is 0 Å². The van der Waals surface area contributed by atoms with E-state index >= 15 is 0 Å². The molecule has 0 bridgehead atoms. The summed E-state index contributed by atoms with van der Waals surface area (Å²) in [4.78, 5) is 13.0. The molecule has 1 heterocycles. The van der Waals surface area contributed by atoms with Gasteiger partial charge in [0.15, 0.2) is 5.75 Å². The lowest BCUT2D eigenvalue weighted by Crippen LogP contribution is -2.48. The molecule has 0 aliphatic carbocycles. The third kappa shape index (κ3) is 3.73. The largest absolute Gasteiger partial charge is 0.500 e. The van der Waals surface area contributed by atoms with Crippen LogP contribution >= 0.6 is 0 Å². The van der Waals surface area contributed by atoms with Gasteiger partial charge in [0.05, 0.1) is 12.0 Å². The number of nitro benzene ring substituents is 1. The molecule has 0 saturated carbocycles. The Morgan fingerprint density at radius 2 is 1.96 bits per heavy atom. The van der Waals surface area contributed by atoms with E-state index in [1.165, 1.54) is 13.2 Å². The molecule has 1 saturated heterocycles. The molecule has 23 heavy (non-hydrogen) atoms. The van der Waals surface area contributed by atoms with Gasteiger partial charge in [-0.05, 0) is 17.0 Å². The van der Waals surface area contributed by atoms with Crippen molar-refractivity contribution < 1.29 is 14.8 Å². The molecule has 1 aromatic carbocycles. The summed E-state index contributed by atoms with van der Waals surface area (Å²) in [6.45, 7) is 9.88. The van der Waals surface area contributed by atoms with E-state index in [2.05, 4.69) is 31.0 Å². The predicted octanol–water partition coefficient (Wildman–Crippen LogP) is 2.30. The van der Waals surface area contributed by atoms with Crippen molar-refractivity contribution in [2.24, 2.45) is 5.41 Å². The summed E-state index contributed by atoms with van der Waals surface area (Å²) in [5, 5.41) is 24.6. The van der Waals surface area contributed by atoms with Crippen LogP contribution in [0.2, 0.25) is 0 Å². The van der Waals surface area contributed by atoms with Gasteiger partial charge in [-0.15, -0.1) is 0 Å². The van der Waals surface area contributed by atoms with Gasteiger partial charge in [-0.2, -0.15) is 0 Å². The van der Waals surface area contributed by atoms with Crippen molar-refractivity contribution in [3.05, 3.63) is 27.8 Å². The standard InChI is InChI=1S/C16H25N3O4/c1-16(2,3)15(18-7-5-17-6-8-18)11-9-12(19(21)22)14(20)13(10-11)23-4/h9-10,15,17,20H,5-8H2,1-4H3/t15-/m1/s1. The Balaban J connectivity index is 2.53. The Labute approximate surface area is 136 Å². The second-order valence-corrected chi connectivity index (χ2v) is 6.90. The van der Waals surface area contributed by atoms with Crippen LogP contribution in [-0.4, -0.2) is 48.2 Å². The van der Waals surface area contributed by atoms with E-state index in [1.54, 1.807) is 6.07 Å². The minimum Gasteiger partial charge on any atom is -0.500 e. The highest BCUT2D eigenvalue weighted by Crippen LogP contribution is 2.44. The number of nitrogens with zero attached hydrogens (tertiary/aromatic N) is 2. The van der Waals surface area contributed by atoms with E-state index < -0.39 is 10.7 Å². The molecule has 1 aliphatic heterocycles. The lowest BCUT2D eigenvalue weighted by Gasteiger charge is -2.42. The number of hydrogen-bond acceptors (Lipinski definition) is 6. The SMILES string of the molecule is COc1cc([C@@H](N2CCNCC2)C(C)(C)C)cc([N+](=O)[O-])c1O. The number of nitrogens with one attached hydrogen (secondary N) is 1. The first-order valence-corrected chi connectivity index (χ1v) is 7.75. The first-order valence-electron chi connectivity index (χ1n) is 7.75. The summed E-state index contributed by atoms with van der Waals surface area (Å²) in [6.07, 6.45) is 0. The zero-order valence-electron chi connectivity index (χ0n) is 14.1. The molecular formula is C16H25N3O4. The van der Waals surface area contributed by atoms with Crippen molar-refractivity contribution >= 4 is 5.69 Å². The Kier molecular flexibility index (Phi) is 5.11. The molecule has 0 radical (unpaired) electrons. The predicted molar refractivity (Wildman–Crippen MR) is 88.0 cm³/mol. The van der Waals surface area contributed by atoms with Crippen molar-refractivity contribution in [1.29, 1.82) is 0 Å². The van der Waals surface area contributed by atoms with Crippen molar-refractivity contribution in [3.63, 3.8) is 0 Å². The summed E-state index contributed by atoms with van der Waals surface area (Å²) in [7, 11) is 1.40. The summed E-state index contributed by atoms with van der Waals surface area (Å²) >= 11 is 0. The fourth-order valence-corrected chi connectivity index (χ4v) is 3.27. The fourth-order valence-electron chi connectivity index (χ4n) is 3.27. The topological polar surface area (TPSA) is 87.9 Å². The molecular weight excluding hydrogens is 298 g/mol. The number of methoxy groups -OCH3 is 1. The maximum atomic E-state index is 11.3. The molecule has 2 rings (SSSR count). The average molecular weight is 323 g/mol. The van der Waals surface area contributed by atoms with Crippen LogP contribution in [0, 0.1) is 15.5 Å². The van der Waals surface area contributed by atoms with Crippen molar-refractivity contribution in [1.82, 2.24) is 10.2 Å². The van der Waals surface area contributed by atoms with Gasteiger partial charge in [-0.25, -0.2) is 0 Å². The van der Waals surface area contributed by atoms with Crippen LogP contribution in [0.3, 0.4) is 0 Å². The Hall–Kier alpha value is -1.86. The summed E-state index contributed by atoms with van der Waals surface area (Å²) in [5.41, 5.74) is 0.359. The smallest absolute Gasteiger partial charge is 0.314 e. The summed E-state index contributed by atoms with van der Waals surface area (Å²) in [5.74, 6) is -0.284. The number of benzene rings is 1. The number of ether oxygens (including phenoxy) is 1. The lowest BCUT2D eigenvalue weighted by atomic mass is 9.80. The van der Waals surface area contributed by atoms with Gasteiger partial charge in [-0.1, -0.05) is 20.8 Å². The van der Waals surface area contributed by atoms with E-state index in [0.717, 1.165) is 31.7 Å². The average Bonchev–Trinajstić information content (AvgIpc) is 2.48. The van der Waals surface area contributed by atoms with Crippen LogP contribution in [0.4, 0.5) is 5.69 Å². The van der Waals surface area contributed by atoms with Crippen molar-refractivity contribution in [2.45, 2.75) is 26.8 Å². The van der Waals surface area contributed by atoms with Crippen LogP contribution in [0.1, 0.15) is 32.4 Å². The third-order valence-electron chi connectivity index (χ3n) is 4.15. The van der Waals surface area contributed by atoms with Crippen molar-refractivity contribution in [3.8, 4) is 11.5 Å². The van der Waals surface area contributed by atoms with Gasteiger partial charge in [-0.3, -0.25) is 15.0 Å². The van der Waals surface area contributed by atoms with Crippen LogP contribution in [0.15, 0.2) is 12.1 Å². The molecule has 1 aromatic rings. The number of phenols is 1. The van der Waals surface area contributed by atoms with E-state index in [4.69, 9.17) is 4.74 Å². The fraction of sp³-hybridized carbons (Fsp3) is 0.625. The maximum Gasteiger partial charge on any atom is 0.314 e. The second-order valence-electron chi connectivity index (χ2n) is 6.90. The Bertz CT molecular complexity index is 577. The Morgan fingerprint density at radius 3 is 2.43 bits per heavy atom. The van der Waals surface area contributed by atoms with Gasteiger partial charge in [0.1, 0.15) is 0 Å². The molecule has 128 valence electrons. The van der Waals surface area contributed by atoms with E-state index in [0.29, 0.717) is 0 Å². The van der Waals surface area contributed by atoms with Gasteiger partial charge >= 0.3 is 5.69 Å². The third-order valence-corrected chi connectivity index (χ3v) is 4.15. The number of hydrogen-bond donors (Lipinski definition) is 2. The molecule has 1 aliphatic rings. The van der Waals surface area contributed by atoms with Crippen LogP contribution in [-0.2, 0) is 0 Å². The zero-order chi connectivity index (χ0) is 17.2. The number of aromatic hydroxyl groups is 1. The number of rotatable bonds is 4. The normalized spacial score (nSPS) is 17.7. The quantitative estimate of drug-likeness (QED) is 0.653. The molecule has 0 aromatic heterocycles. The van der Waals surface area contributed by atoms with E-state index in [1.807, 2.05) is 0 Å². The number of phenolic OH excluding ortho intramolecular Hbond substituents is 1. The van der Waals surface area contributed by atoms with E-state index in [9.17, 15) is 15.2 Å². The molecule has 0 unspecified atom stereocenters. The maximum absolute atomic E-state index is 11.3. The molecule has 2 N–H and O–H groups in total. The number of nitro groups is 1. The molecule has 7 nitrogen and oxygen atoms in total. The second kappa shape index (κ2) is 6.72. The van der Waals surface area contributed by atoms with Gasteiger partial charge in [0, 0.05) is 38.3 Å². The first-order chi connectivity index (χ1) is 10.8. The lowest BCUT2D eigenvalue weighted by molar-refractivity contribution is -0.386. The van der Waals surface area contributed by atoms with Crippen LogP contribution in [0.25, 0.3) is 0 Å². The molecule has 1 fully saturated rings. The van der Waals surface area contributed by atoms with Crippen LogP contribution in [0.5, 0.6) is 11.5 Å². The van der Waals surface area contributed by atoms with Crippen molar-refractivity contribution in [2.75, 3.05) is 33.3 Å². The molecule has 1 atom stereocenters. The molecule has 7 heteroatoms. The minimum absolute atomic E-state index is 0.00204. The molecule has 0 spiro atoms. The minimum atomic E-state index is -0.571. The summed E-state index contributed by atoms with van der Waals surface area (Å²) in [6, 6.07) is 3.17. The monoisotopic (exact) mass is 323 g/mol. The molecule has 0 amide bonds. The van der Waals surface area contributed by atoms with E-state index in [-0.39, 0.29) is 22.9 Å². The number of piperazine rings is 1. The summed E-state index contributed by atoms with van der Waals surface area (Å²) < 4.78 is 5.14. The zero-order valence-corrected chi connectivity index (χ0v) is 14.1.